The lowest BCUT2D eigenvalue weighted by atomic mass is 9.87. The van der Waals surface area contributed by atoms with E-state index in [9.17, 15) is 9.18 Å². The first-order valence-corrected chi connectivity index (χ1v) is 10.7. The molecule has 0 spiro atoms. The van der Waals surface area contributed by atoms with Gasteiger partial charge in [-0.15, -0.1) is 0 Å². The number of pyridine rings is 1. The van der Waals surface area contributed by atoms with Crippen LogP contribution in [0.3, 0.4) is 0 Å². The number of aryl methyl sites for hydroxylation is 1. The van der Waals surface area contributed by atoms with Gasteiger partial charge in [0.1, 0.15) is 5.82 Å². The summed E-state index contributed by atoms with van der Waals surface area (Å²) in [7, 11) is 4.16. The zero-order chi connectivity index (χ0) is 21.8. The van der Waals surface area contributed by atoms with Crippen molar-refractivity contribution in [3.05, 3.63) is 100 Å². The molecule has 0 radical (unpaired) electrons. The van der Waals surface area contributed by atoms with E-state index in [0.717, 1.165) is 37.1 Å². The molecule has 1 heterocycles. The summed E-state index contributed by atoms with van der Waals surface area (Å²) in [6, 6.07) is 16.9. The van der Waals surface area contributed by atoms with Gasteiger partial charge in [-0.3, -0.25) is 9.78 Å². The number of rotatable bonds is 6. The Hall–Kier alpha value is -3.05. The van der Waals surface area contributed by atoms with Crippen LogP contribution >= 0.6 is 0 Å². The molecule has 0 bridgehead atoms. The van der Waals surface area contributed by atoms with Gasteiger partial charge in [-0.2, -0.15) is 0 Å². The van der Waals surface area contributed by atoms with Crippen LogP contribution in [0.1, 0.15) is 44.7 Å². The van der Waals surface area contributed by atoms with Crippen LogP contribution in [-0.2, 0) is 25.8 Å². The zero-order valence-corrected chi connectivity index (χ0v) is 18.1. The van der Waals surface area contributed by atoms with E-state index in [1.807, 2.05) is 12.1 Å². The summed E-state index contributed by atoms with van der Waals surface area (Å²) in [6.07, 6.45) is 5.02. The second-order valence-electron chi connectivity index (χ2n) is 8.60. The fraction of sp³-hybridized carbons (Fsp3) is 0.308. The zero-order valence-electron chi connectivity index (χ0n) is 18.1. The highest BCUT2D eigenvalue weighted by atomic mass is 19.1. The average molecular weight is 418 g/mol. The summed E-state index contributed by atoms with van der Waals surface area (Å²) in [5.74, 6) is -0.332. The first kappa shape index (κ1) is 21.2. The first-order chi connectivity index (χ1) is 15.0. The maximum atomic E-state index is 13.0. The molecule has 160 valence electrons. The molecule has 1 aromatic heterocycles. The highest BCUT2D eigenvalue weighted by Gasteiger charge is 2.21. The summed E-state index contributed by atoms with van der Waals surface area (Å²) in [5.41, 5.74) is 6.46. The molecule has 1 amide bonds. The molecular weight excluding hydrogens is 389 g/mol. The summed E-state index contributed by atoms with van der Waals surface area (Å²) in [4.78, 5) is 19.3. The van der Waals surface area contributed by atoms with Crippen molar-refractivity contribution in [3.63, 3.8) is 0 Å². The van der Waals surface area contributed by atoms with Crippen LogP contribution in [0.5, 0.6) is 0 Å². The Morgan fingerprint density at radius 1 is 1.06 bits per heavy atom. The molecular formula is C26H28FN3O. The van der Waals surface area contributed by atoms with E-state index in [-0.39, 0.29) is 17.8 Å². The average Bonchev–Trinajstić information content (AvgIpc) is 2.75. The summed E-state index contributed by atoms with van der Waals surface area (Å²) >= 11 is 0. The van der Waals surface area contributed by atoms with Crippen molar-refractivity contribution in [1.29, 1.82) is 0 Å². The van der Waals surface area contributed by atoms with Gasteiger partial charge in [0.25, 0.3) is 5.91 Å². The number of halogens is 1. The predicted octanol–water partition coefficient (Wildman–Crippen LogP) is 4.16. The van der Waals surface area contributed by atoms with E-state index in [4.69, 9.17) is 0 Å². The van der Waals surface area contributed by atoms with Crippen molar-refractivity contribution in [1.82, 2.24) is 15.2 Å². The molecule has 1 aliphatic rings. The van der Waals surface area contributed by atoms with Gasteiger partial charge in [0.05, 0.1) is 5.56 Å². The van der Waals surface area contributed by atoms with Gasteiger partial charge < -0.3 is 10.2 Å². The summed E-state index contributed by atoms with van der Waals surface area (Å²) in [5, 5.41) is 3.17. The van der Waals surface area contributed by atoms with Crippen molar-refractivity contribution < 1.29 is 9.18 Å². The highest BCUT2D eigenvalue weighted by Crippen LogP contribution is 2.23. The minimum Gasteiger partial charge on any atom is -0.349 e. The fourth-order valence-corrected chi connectivity index (χ4v) is 4.14. The third-order valence-corrected chi connectivity index (χ3v) is 5.72. The van der Waals surface area contributed by atoms with Crippen LogP contribution in [0, 0.1) is 5.82 Å². The number of aromatic nitrogens is 1. The van der Waals surface area contributed by atoms with Crippen LogP contribution in [0.4, 0.5) is 4.39 Å². The smallest absolute Gasteiger partial charge is 0.253 e. The largest absolute Gasteiger partial charge is 0.349 e. The second-order valence-corrected chi connectivity index (χ2v) is 8.60. The maximum absolute atomic E-state index is 13.0. The van der Waals surface area contributed by atoms with E-state index in [1.165, 1.54) is 28.8 Å². The first-order valence-electron chi connectivity index (χ1n) is 10.7. The standard InChI is InChI=1S/C26H28FN3O/c1-30(2)17-19-3-6-21-15-25(12-7-20(21)13-19)29-26(31)22-8-11-24(28-16-22)14-18-4-9-23(27)10-5-18/h3-6,8-11,13,16,25H,7,12,14-15,17H2,1-2H3,(H,29,31). The van der Waals surface area contributed by atoms with Crippen LogP contribution < -0.4 is 5.32 Å². The van der Waals surface area contributed by atoms with E-state index in [2.05, 4.69) is 47.5 Å². The lowest BCUT2D eigenvalue weighted by Crippen LogP contribution is -2.39. The Balaban J connectivity index is 1.34. The Kier molecular flexibility index (Phi) is 6.42. The van der Waals surface area contributed by atoms with E-state index in [0.29, 0.717) is 12.0 Å². The molecule has 4 nitrogen and oxygen atoms in total. The second kappa shape index (κ2) is 9.40. The number of amides is 1. The molecule has 1 N–H and O–H groups in total. The van der Waals surface area contributed by atoms with Crippen LogP contribution in [-0.4, -0.2) is 35.9 Å². The molecule has 0 saturated heterocycles. The Labute approximate surface area is 183 Å². The molecule has 1 unspecified atom stereocenters. The quantitative estimate of drug-likeness (QED) is 0.655. The third kappa shape index (κ3) is 5.56. The SMILES string of the molecule is CN(C)Cc1ccc2c(c1)CCC(NC(=O)c1ccc(Cc3ccc(F)cc3)nc1)C2. The number of carbonyl (C=O) groups is 1. The van der Waals surface area contributed by atoms with Gasteiger partial charge in [0.2, 0.25) is 0 Å². The number of hydrogen-bond acceptors (Lipinski definition) is 3. The molecule has 4 rings (SSSR count). The summed E-state index contributed by atoms with van der Waals surface area (Å²) in [6.45, 7) is 0.942. The van der Waals surface area contributed by atoms with Gasteiger partial charge in [0.15, 0.2) is 0 Å². The van der Waals surface area contributed by atoms with Crippen LogP contribution in [0.2, 0.25) is 0 Å². The van der Waals surface area contributed by atoms with Gasteiger partial charge in [-0.05, 0) is 79.9 Å². The molecule has 3 aromatic rings. The minimum atomic E-state index is -0.247. The highest BCUT2D eigenvalue weighted by molar-refractivity contribution is 5.94. The monoisotopic (exact) mass is 417 g/mol. The molecule has 1 atom stereocenters. The number of hydrogen-bond donors (Lipinski definition) is 1. The van der Waals surface area contributed by atoms with Crippen molar-refractivity contribution in [3.8, 4) is 0 Å². The molecule has 1 aliphatic carbocycles. The van der Waals surface area contributed by atoms with E-state index in [1.54, 1.807) is 18.3 Å². The van der Waals surface area contributed by atoms with Crippen LogP contribution in [0.25, 0.3) is 0 Å². The van der Waals surface area contributed by atoms with Crippen molar-refractivity contribution in [2.45, 2.75) is 38.3 Å². The van der Waals surface area contributed by atoms with E-state index < -0.39 is 0 Å². The molecule has 2 aromatic carbocycles. The minimum absolute atomic E-state index is 0.0847. The molecule has 0 aliphatic heterocycles. The fourth-order valence-electron chi connectivity index (χ4n) is 4.14. The van der Waals surface area contributed by atoms with Crippen molar-refractivity contribution in [2.75, 3.05) is 14.1 Å². The predicted molar refractivity (Wildman–Crippen MR) is 121 cm³/mol. The maximum Gasteiger partial charge on any atom is 0.253 e. The molecule has 0 fully saturated rings. The Morgan fingerprint density at radius 3 is 2.55 bits per heavy atom. The normalized spacial score (nSPS) is 15.5. The number of nitrogens with zero attached hydrogens (tertiary/aromatic N) is 2. The molecule has 5 heteroatoms. The van der Waals surface area contributed by atoms with E-state index >= 15 is 0 Å². The third-order valence-electron chi connectivity index (χ3n) is 5.72. The van der Waals surface area contributed by atoms with Gasteiger partial charge in [-0.1, -0.05) is 30.3 Å². The van der Waals surface area contributed by atoms with Crippen molar-refractivity contribution in [2.24, 2.45) is 0 Å². The van der Waals surface area contributed by atoms with Gasteiger partial charge >= 0.3 is 0 Å². The number of fused-ring (bicyclic) bond motifs is 1. The topological polar surface area (TPSA) is 45.2 Å². The van der Waals surface area contributed by atoms with Gasteiger partial charge in [-0.25, -0.2) is 4.39 Å². The van der Waals surface area contributed by atoms with Crippen molar-refractivity contribution >= 4 is 5.91 Å². The van der Waals surface area contributed by atoms with Gasteiger partial charge in [0, 0.05) is 30.9 Å². The Morgan fingerprint density at radius 2 is 1.84 bits per heavy atom. The lowest BCUT2D eigenvalue weighted by Gasteiger charge is -2.26. The number of carbonyl (C=O) groups excluding carboxylic acids is 1. The molecule has 31 heavy (non-hydrogen) atoms. The molecule has 0 saturated carbocycles. The number of nitrogens with one attached hydrogen (secondary N) is 1. The van der Waals surface area contributed by atoms with Crippen LogP contribution in [0.15, 0.2) is 60.8 Å². The lowest BCUT2D eigenvalue weighted by molar-refractivity contribution is 0.0933. The Bertz CT molecular complexity index is 1050. The number of benzene rings is 2. The summed E-state index contributed by atoms with van der Waals surface area (Å²) < 4.78 is 13.0.